The van der Waals surface area contributed by atoms with E-state index >= 15 is 0 Å². The average Bonchev–Trinajstić information content (AvgIpc) is 3.19. The monoisotopic (exact) mass is 449 g/mol. The van der Waals surface area contributed by atoms with E-state index < -0.39 is 6.04 Å². The first kappa shape index (κ1) is 22.3. The van der Waals surface area contributed by atoms with E-state index in [0.717, 1.165) is 18.5 Å². The molecule has 1 aromatic heterocycles. The first-order valence-electron chi connectivity index (χ1n) is 9.71. The Morgan fingerprint density at radius 2 is 1.93 bits per heavy atom. The fourth-order valence-electron chi connectivity index (χ4n) is 3.24. The predicted octanol–water partition coefficient (Wildman–Crippen LogP) is 3.09. The van der Waals surface area contributed by atoms with E-state index in [9.17, 15) is 14.4 Å². The molecule has 0 bridgehead atoms. The Morgan fingerprint density at radius 1 is 1.17 bits per heavy atom. The van der Waals surface area contributed by atoms with Crippen LogP contribution in [0.15, 0.2) is 36.4 Å². The molecule has 1 aromatic carbocycles. The SMILES string of the molecule is COCC(CNC(=O)c1ccc(N2CCCCC2=O)cc1)NC(=O)c1ccc(Cl)s1. The van der Waals surface area contributed by atoms with Crippen molar-refractivity contribution in [3.63, 3.8) is 0 Å². The number of anilines is 1. The predicted molar refractivity (Wildman–Crippen MR) is 117 cm³/mol. The molecule has 3 rings (SSSR count). The second-order valence-electron chi connectivity index (χ2n) is 6.99. The van der Waals surface area contributed by atoms with Gasteiger partial charge in [0.1, 0.15) is 0 Å². The van der Waals surface area contributed by atoms with Crippen LogP contribution < -0.4 is 15.5 Å². The Morgan fingerprint density at radius 3 is 2.57 bits per heavy atom. The molecule has 0 radical (unpaired) electrons. The van der Waals surface area contributed by atoms with Crippen LogP contribution in [-0.4, -0.2) is 50.6 Å². The fraction of sp³-hybridized carbons (Fsp3) is 0.381. The quantitative estimate of drug-likeness (QED) is 0.648. The van der Waals surface area contributed by atoms with Gasteiger partial charge in [0.15, 0.2) is 0 Å². The van der Waals surface area contributed by atoms with Crippen molar-refractivity contribution < 1.29 is 19.1 Å². The second kappa shape index (κ2) is 10.6. The fourth-order valence-corrected chi connectivity index (χ4v) is 4.18. The van der Waals surface area contributed by atoms with Crippen molar-refractivity contribution in [1.29, 1.82) is 0 Å². The zero-order valence-corrected chi connectivity index (χ0v) is 18.2. The summed E-state index contributed by atoms with van der Waals surface area (Å²) in [7, 11) is 1.53. The largest absolute Gasteiger partial charge is 0.382 e. The molecule has 0 aliphatic carbocycles. The lowest BCUT2D eigenvalue weighted by molar-refractivity contribution is -0.119. The third-order valence-corrected chi connectivity index (χ3v) is 6.00. The number of nitrogens with one attached hydrogen (secondary N) is 2. The lowest BCUT2D eigenvalue weighted by atomic mass is 10.1. The number of ether oxygens (including phenoxy) is 1. The topological polar surface area (TPSA) is 87.7 Å². The first-order valence-corrected chi connectivity index (χ1v) is 10.9. The van der Waals surface area contributed by atoms with Gasteiger partial charge in [-0.2, -0.15) is 0 Å². The van der Waals surface area contributed by atoms with Crippen LogP contribution in [0.3, 0.4) is 0 Å². The van der Waals surface area contributed by atoms with Crippen molar-refractivity contribution in [3.8, 4) is 0 Å². The summed E-state index contributed by atoms with van der Waals surface area (Å²) in [6.45, 7) is 1.17. The maximum absolute atomic E-state index is 12.5. The number of thiophene rings is 1. The molecule has 0 spiro atoms. The Hall–Kier alpha value is -2.42. The van der Waals surface area contributed by atoms with Crippen LogP contribution in [0.2, 0.25) is 4.34 Å². The van der Waals surface area contributed by atoms with Gasteiger partial charge in [-0.15, -0.1) is 11.3 Å². The molecular weight excluding hydrogens is 426 g/mol. The van der Waals surface area contributed by atoms with E-state index in [1.54, 1.807) is 41.3 Å². The van der Waals surface area contributed by atoms with Crippen molar-refractivity contribution in [2.24, 2.45) is 0 Å². The van der Waals surface area contributed by atoms with Crippen LogP contribution in [0.5, 0.6) is 0 Å². The highest BCUT2D eigenvalue weighted by Gasteiger charge is 2.20. The number of amides is 3. The first-order chi connectivity index (χ1) is 14.5. The van der Waals surface area contributed by atoms with Crippen molar-refractivity contribution in [1.82, 2.24) is 10.6 Å². The Labute approximate surface area is 184 Å². The van der Waals surface area contributed by atoms with Gasteiger partial charge < -0.3 is 20.3 Å². The van der Waals surface area contributed by atoms with Gasteiger partial charge in [-0.1, -0.05) is 11.6 Å². The van der Waals surface area contributed by atoms with E-state index in [1.807, 2.05) is 0 Å². The van der Waals surface area contributed by atoms with Gasteiger partial charge in [-0.3, -0.25) is 14.4 Å². The van der Waals surface area contributed by atoms with Crippen molar-refractivity contribution >= 4 is 46.3 Å². The van der Waals surface area contributed by atoms with Gasteiger partial charge in [-0.05, 0) is 49.2 Å². The lowest BCUT2D eigenvalue weighted by Gasteiger charge is -2.26. The number of methoxy groups -OCH3 is 1. The molecule has 1 aliphatic rings. The maximum Gasteiger partial charge on any atom is 0.261 e. The number of carbonyl (C=O) groups excluding carboxylic acids is 3. The van der Waals surface area contributed by atoms with Gasteiger partial charge in [0.2, 0.25) is 5.91 Å². The molecule has 1 unspecified atom stereocenters. The molecule has 1 saturated heterocycles. The Balaban J connectivity index is 1.55. The molecule has 7 nitrogen and oxygen atoms in total. The van der Waals surface area contributed by atoms with E-state index in [0.29, 0.717) is 27.7 Å². The molecule has 0 saturated carbocycles. The van der Waals surface area contributed by atoms with Crippen LogP contribution in [-0.2, 0) is 9.53 Å². The average molecular weight is 450 g/mol. The second-order valence-corrected chi connectivity index (χ2v) is 8.70. The highest BCUT2D eigenvalue weighted by Crippen LogP contribution is 2.22. The zero-order chi connectivity index (χ0) is 21.5. The van der Waals surface area contributed by atoms with Crippen LogP contribution >= 0.6 is 22.9 Å². The van der Waals surface area contributed by atoms with E-state index in [4.69, 9.17) is 16.3 Å². The molecule has 160 valence electrons. The summed E-state index contributed by atoms with van der Waals surface area (Å²) < 4.78 is 5.68. The normalized spacial score (nSPS) is 15.0. The minimum absolute atomic E-state index is 0.114. The third kappa shape index (κ3) is 5.81. The summed E-state index contributed by atoms with van der Waals surface area (Å²) in [6, 6.07) is 9.89. The standard InChI is InChI=1S/C21H24ClN3O4S/c1-29-13-15(24-21(28)17-9-10-18(22)30-17)12-23-20(27)14-5-7-16(8-6-14)25-11-3-2-4-19(25)26/h5-10,15H,2-4,11-13H2,1H3,(H,23,27)(H,24,28). The molecule has 1 atom stereocenters. The highest BCUT2D eigenvalue weighted by atomic mass is 35.5. The number of nitrogens with zero attached hydrogens (tertiary/aromatic N) is 1. The summed E-state index contributed by atoms with van der Waals surface area (Å²) in [5.74, 6) is -0.413. The Bertz CT molecular complexity index is 900. The number of halogens is 1. The number of piperidine rings is 1. The zero-order valence-electron chi connectivity index (χ0n) is 16.7. The highest BCUT2D eigenvalue weighted by molar-refractivity contribution is 7.18. The summed E-state index contributed by atoms with van der Waals surface area (Å²) in [6.07, 6.45) is 2.47. The summed E-state index contributed by atoms with van der Waals surface area (Å²) in [4.78, 5) is 39.1. The number of rotatable bonds is 8. The van der Waals surface area contributed by atoms with Crippen LogP contribution in [0, 0.1) is 0 Å². The van der Waals surface area contributed by atoms with Crippen molar-refractivity contribution in [2.75, 3.05) is 31.7 Å². The number of carbonyl (C=O) groups is 3. The van der Waals surface area contributed by atoms with Gasteiger partial charge in [0.05, 0.1) is 21.9 Å². The minimum atomic E-state index is -0.391. The smallest absolute Gasteiger partial charge is 0.261 e. The van der Waals surface area contributed by atoms with E-state index in [-0.39, 0.29) is 30.9 Å². The lowest BCUT2D eigenvalue weighted by Crippen LogP contribution is -2.46. The van der Waals surface area contributed by atoms with Crippen molar-refractivity contribution in [2.45, 2.75) is 25.3 Å². The molecule has 1 fully saturated rings. The van der Waals surface area contributed by atoms with Crippen molar-refractivity contribution in [3.05, 3.63) is 51.2 Å². The van der Waals surface area contributed by atoms with Gasteiger partial charge in [-0.25, -0.2) is 0 Å². The van der Waals surface area contributed by atoms with E-state index in [2.05, 4.69) is 10.6 Å². The molecule has 3 amide bonds. The van der Waals surface area contributed by atoms with Crippen LogP contribution in [0.1, 0.15) is 39.3 Å². The molecule has 2 heterocycles. The summed E-state index contributed by atoms with van der Waals surface area (Å²) >= 11 is 7.06. The molecule has 2 N–H and O–H groups in total. The summed E-state index contributed by atoms with van der Waals surface area (Å²) in [5, 5.41) is 5.66. The van der Waals surface area contributed by atoms with E-state index in [1.165, 1.54) is 18.4 Å². The molecule has 30 heavy (non-hydrogen) atoms. The van der Waals surface area contributed by atoms with Crippen LogP contribution in [0.25, 0.3) is 0 Å². The van der Waals surface area contributed by atoms with Gasteiger partial charge >= 0.3 is 0 Å². The Kier molecular flexibility index (Phi) is 7.84. The molecule has 1 aliphatic heterocycles. The summed E-state index contributed by atoms with van der Waals surface area (Å²) in [5.41, 5.74) is 1.28. The number of benzene rings is 1. The number of hydrogen-bond donors (Lipinski definition) is 2. The van der Waals surface area contributed by atoms with Crippen LogP contribution in [0.4, 0.5) is 5.69 Å². The third-order valence-electron chi connectivity index (χ3n) is 4.77. The van der Waals surface area contributed by atoms with Gasteiger partial charge in [0, 0.05) is 37.9 Å². The number of hydrogen-bond acceptors (Lipinski definition) is 5. The molecule has 2 aromatic rings. The maximum atomic E-state index is 12.5. The molecule has 9 heteroatoms. The van der Waals surface area contributed by atoms with Gasteiger partial charge in [0.25, 0.3) is 11.8 Å². The minimum Gasteiger partial charge on any atom is -0.382 e. The molecular formula is C21H24ClN3O4S.